The van der Waals surface area contributed by atoms with E-state index in [0.29, 0.717) is 10.9 Å². The van der Waals surface area contributed by atoms with Crippen molar-refractivity contribution in [2.75, 3.05) is 19.4 Å². The number of benzene rings is 2. The molecule has 0 fully saturated rings. The first kappa shape index (κ1) is 21.9. The molecule has 0 atom stereocenters. The molecule has 0 aliphatic heterocycles. The summed E-state index contributed by atoms with van der Waals surface area (Å²) in [6, 6.07) is 17.7. The van der Waals surface area contributed by atoms with Crippen molar-refractivity contribution >= 4 is 17.7 Å². The fourth-order valence-corrected chi connectivity index (χ4v) is 3.84. The highest BCUT2D eigenvalue weighted by molar-refractivity contribution is 7.99. The summed E-state index contributed by atoms with van der Waals surface area (Å²) < 4.78 is 7.24. The molecule has 0 aliphatic rings. The van der Waals surface area contributed by atoms with Crippen LogP contribution in [-0.4, -0.2) is 40.1 Å². The van der Waals surface area contributed by atoms with Crippen molar-refractivity contribution in [3.8, 4) is 22.8 Å². The minimum absolute atomic E-state index is 0.0186. The van der Waals surface area contributed by atoms with E-state index in [2.05, 4.69) is 22.4 Å². The lowest BCUT2D eigenvalue weighted by molar-refractivity contribution is -0.118. The van der Waals surface area contributed by atoms with E-state index in [4.69, 9.17) is 4.74 Å². The number of rotatable bonds is 11. The summed E-state index contributed by atoms with van der Waals surface area (Å²) in [5.74, 6) is 1.84. The normalized spacial score (nSPS) is 10.7. The molecule has 0 saturated carbocycles. The summed E-state index contributed by atoms with van der Waals surface area (Å²) in [4.78, 5) is 12.2. The van der Waals surface area contributed by atoms with Gasteiger partial charge in [0.1, 0.15) is 5.75 Å². The molecule has 2 aromatic carbocycles. The number of methoxy groups -OCH3 is 1. The second kappa shape index (κ2) is 11.4. The van der Waals surface area contributed by atoms with Gasteiger partial charge in [0.25, 0.3) is 0 Å². The molecule has 1 amide bonds. The molecule has 1 aromatic heterocycles. The number of hydrogen-bond donors (Lipinski definition) is 1. The zero-order chi connectivity index (χ0) is 21.2. The fraction of sp³-hybridized carbons (Fsp3) is 0.348. The van der Waals surface area contributed by atoms with Crippen LogP contribution in [0.25, 0.3) is 17.1 Å². The van der Waals surface area contributed by atoms with E-state index in [9.17, 15) is 4.79 Å². The van der Waals surface area contributed by atoms with Crippen molar-refractivity contribution in [1.29, 1.82) is 0 Å². The van der Waals surface area contributed by atoms with Crippen molar-refractivity contribution in [3.05, 3.63) is 54.6 Å². The van der Waals surface area contributed by atoms with Gasteiger partial charge in [-0.3, -0.25) is 9.36 Å². The van der Waals surface area contributed by atoms with E-state index in [1.807, 2.05) is 59.2 Å². The van der Waals surface area contributed by atoms with Crippen molar-refractivity contribution in [1.82, 2.24) is 20.1 Å². The summed E-state index contributed by atoms with van der Waals surface area (Å²) in [6.45, 7) is 2.90. The number of nitrogens with zero attached hydrogens (tertiary/aromatic N) is 3. The average molecular weight is 425 g/mol. The van der Waals surface area contributed by atoms with Gasteiger partial charge in [0.15, 0.2) is 11.0 Å². The van der Waals surface area contributed by atoms with Gasteiger partial charge in [0, 0.05) is 17.8 Å². The molecule has 0 bridgehead atoms. The SMILES string of the molecule is CCCCCCNC(=O)CSc1nnc(-c2ccc(OC)cc2)n1-c1ccccc1. The predicted molar refractivity (Wildman–Crippen MR) is 121 cm³/mol. The highest BCUT2D eigenvalue weighted by Gasteiger charge is 2.17. The maximum atomic E-state index is 12.2. The van der Waals surface area contributed by atoms with E-state index >= 15 is 0 Å². The van der Waals surface area contributed by atoms with Crippen LogP contribution in [0.1, 0.15) is 32.6 Å². The molecular weight excluding hydrogens is 396 g/mol. The molecule has 3 aromatic rings. The molecule has 0 spiro atoms. The Bertz CT molecular complexity index is 926. The maximum absolute atomic E-state index is 12.2. The Morgan fingerprint density at radius 1 is 1.03 bits per heavy atom. The molecule has 0 saturated heterocycles. The van der Waals surface area contributed by atoms with Crippen LogP contribution in [0.5, 0.6) is 5.75 Å². The van der Waals surface area contributed by atoms with Crippen molar-refractivity contribution in [2.24, 2.45) is 0 Å². The third kappa shape index (κ3) is 5.86. The van der Waals surface area contributed by atoms with Crippen LogP contribution in [0.3, 0.4) is 0 Å². The molecule has 0 radical (unpaired) electrons. The molecule has 0 aliphatic carbocycles. The summed E-state index contributed by atoms with van der Waals surface area (Å²) in [6.07, 6.45) is 4.57. The van der Waals surface area contributed by atoms with Gasteiger partial charge in [-0.1, -0.05) is 56.1 Å². The van der Waals surface area contributed by atoms with E-state index in [-0.39, 0.29) is 5.91 Å². The first-order chi connectivity index (χ1) is 14.7. The summed E-state index contributed by atoms with van der Waals surface area (Å²) in [7, 11) is 1.64. The van der Waals surface area contributed by atoms with Gasteiger partial charge in [0.05, 0.1) is 12.9 Å². The maximum Gasteiger partial charge on any atom is 0.230 e. The zero-order valence-corrected chi connectivity index (χ0v) is 18.3. The lowest BCUT2D eigenvalue weighted by Gasteiger charge is -2.11. The van der Waals surface area contributed by atoms with E-state index in [1.165, 1.54) is 24.6 Å². The van der Waals surface area contributed by atoms with Gasteiger partial charge in [-0.15, -0.1) is 10.2 Å². The third-order valence-corrected chi connectivity index (χ3v) is 5.61. The van der Waals surface area contributed by atoms with Gasteiger partial charge < -0.3 is 10.1 Å². The van der Waals surface area contributed by atoms with Crippen molar-refractivity contribution in [2.45, 2.75) is 37.8 Å². The van der Waals surface area contributed by atoms with E-state index in [0.717, 1.165) is 42.2 Å². The second-order valence-corrected chi connectivity index (χ2v) is 7.85. The number of amides is 1. The van der Waals surface area contributed by atoms with Gasteiger partial charge >= 0.3 is 0 Å². The van der Waals surface area contributed by atoms with Gasteiger partial charge in [-0.25, -0.2) is 0 Å². The second-order valence-electron chi connectivity index (χ2n) is 6.90. The summed E-state index contributed by atoms with van der Waals surface area (Å²) in [5, 5.41) is 12.5. The number of para-hydroxylation sites is 1. The van der Waals surface area contributed by atoms with Crippen molar-refractivity contribution < 1.29 is 9.53 Å². The Kier molecular flexibility index (Phi) is 8.32. The molecule has 1 N–H and O–H groups in total. The van der Waals surface area contributed by atoms with Gasteiger partial charge in [-0.05, 0) is 42.8 Å². The highest BCUT2D eigenvalue weighted by Crippen LogP contribution is 2.28. The Balaban J connectivity index is 1.74. The molecule has 7 heteroatoms. The fourth-order valence-electron chi connectivity index (χ4n) is 3.06. The van der Waals surface area contributed by atoms with Crippen LogP contribution in [0.15, 0.2) is 59.8 Å². The van der Waals surface area contributed by atoms with Crippen molar-refractivity contribution in [3.63, 3.8) is 0 Å². The monoisotopic (exact) mass is 424 g/mol. The molecule has 158 valence electrons. The largest absolute Gasteiger partial charge is 0.497 e. The molecule has 30 heavy (non-hydrogen) atoms. The van der Waals surface area contributed by atoms with Crippen LogP contribution < -0.4 is 10.1 Å². The lowest BCUT2D eigenvalue weighted by atomic mass is 10.2. The molecule has 3 rings (SSSR count). The number of carbonyl (C=O) groups excluding carboxylic acids is 1. The van der Waals surface area contributed by atoms with Crippen LogP contribution >= 0.6 is 11.8 Å². The Morgan fingerprint density at radius 2 is 1.80 bits per heavy atom. The first-order valence-electron chi connectivity index (χ1n) is 10.3. The molecule has 6 nitrogen and oxygen atoms in total. The number of hydrogen-bond acceptors (Lipinski definition) is 5. The lowest BCUT2D eigenvalue weighted by Crippen LogP contribution is -2.26. The molecule has 0 unspecified atom stereocenters. The quantitative estimate of drug-likeness (QED) is 0.356. The minimum Gasteiger partial charge on any atom is -0.497 e. The van der Waals surface area contributed by atoms with Crippen LogP contribution in [0.4, 0.5) is 0 Å². The number of thioether (sulfide) groups is 1. The third-order valence-electron chi connectivity index (χ3n) is 4.68. The topological polar surface area (TPSA) is 69.0 Å². The smallest absolute Gasteiger partial charge is 0.230 e. The Morgan fingerprint density at radius 3 is 2.50 bits per heavy atom. The summed E-state index contributed by atoms with van der Waals surface area (Å²) >= 11 is 1.39. The predicted octanol–water partition coefficient (Wildman–Crippen LogP) is 4.73. The van der Waals surface area contributed by atoms with Crippen LogP contribution in [0, 0.1) is 0 Å². The minimum atomic E-state index is 0.0186. The molecule has 1 heterocycles. The highest BCUT2D eigenvalue weighted by atomic mass is 32.2. The van der Waals surface area contributed by atoms with E-state index in [1.54, 1.807) is 7.11 Å². The zero-order valence-electron chi connectivity index (χ0n) is 17.5. The molecular formula is C23H28N4O2S. The van der Waals surface area contributed by atoms with E-state index < -0.39 is 0 Å². The van der Waals surface area contributed by atoms with Crippen LogP contribution in [-0.2, 0) is 4.79 Å². The van der Waals surface area contributed by atoms with Gasteiger partial charge in [-0.2, -0.15) is 0 Å². The van der Waals surface area contributed by atoms with Gasteiger partial charge in [0.2, 0.25) is 5.91 Å². The number of aromatic nitrogens is 3. The van der Waals surface area contributed by atoms with Crippen LogP contribution in [0.2, 0.25) is 0 Å². The number of carbonyl (C=O) groups is 1. The average Bonchev–Trinajstić information content (AvgIpc) is 3.22. The Labute approximate surface area is 182 Å². The number of ether oxygens (including phenoxy) is 1. The number of unbranched alkanes of at least 4 members (excludes halogenated alkanes) is 3. The first-order valence-corrected chi connectivity index (χ1v) is 11.3. The Hall–Kier alpha value is -2.80. The summed E-state index contributed by atoms with van der Waals surface area (Å²) in [5.41, 5.74) is 1.88. The standard InChI is InChI=1S/C23H28N4O2S/c1-3-4-5-9-16-24-21(28)17-30-23-26-25-22(18-12-14-20(29-2)15-13-18)27(23)19-10-7-6-8-11-19/h6-8,10-15H,3-5,9,16-17H2,1-2H3,(H,24,28). The number of nitrogens with one attached hydrogen (secondary N) is 1.